The highest BCUT2D eigenvalue weighted by Gasteiger charge is 2.30. The predicted octanol–water partition coefficient (Wildman–Crippen LogP) is 5.63. The Labute approximate surface area is 200 Å². The zero-order chi connectivity index (χ0) is 26.3. The van der Waals surface area contributed by atoms with Gasteiger partial charge in [-0.3, -0.25) is 4.79 Å². The van der Waals surface area contributed by atoms with Gasteiger partial charge in [-0.1, -0.05) is 6.58 Å². The van der Waals surface area contributed by atoms with Gasteiger partial charge in [-0.25, -0.2) is 24.3 Å². The number of hydrogen-bond donors (Lipinski definition) is 0. The molecule has 0 fully saturated rings. The minimum Gasteiger partial charge on any atom is -0.462 e. The average molecular weight is 475 g/mol. The molecule has 8 heteroatoms. The van der Waals surface area contributed by atoms with Gasteiger partial charge in [-0.15, -0.1) is 0 Å². The van der Waals surface area contributed by atoms with Crippen molar-refractivity contribution in [2.45, 2.75) is 137 Å². The summed E-state index contributed by atoms with van der Waals surface area (Å²) < 4.78 is 10.8. The summed E-state index contributed by atoms with van der Waals surface area (Å²) in [6.45, 7) is 25.8. The summed E-state index contributed by atoms with van der Waals surface area (Å²) in [6, 6.07) is 0. The van der Waals surface area contributed by atoms with Crippen LogP contribution in [0.25, 0.3) is 0 Å². The molecule has 0 rings (SSSR count). The van der Waals surface area contributed by atoms with Crippen LogP contribution in [0.2, 0.25) is 0 Å². The summed E-state index contributed by atoms with van der Waals surface area (Å²) in [7, 11) is 0. The summed E-state index contributed by atoms with van der Waals surface area (Å²) in [5, 5.41) is 0. The Hall–Kier alpha value is -1.48. The van der Waals surface area contributed by atoms with E-state index in [-0.39, 0.29) is 12.0 Å². The van der Waals surface area contributed by atoms with Crippen molar-refractivity contribution in [1.82, 2.24) is 0 Å². The molecule has 0 saturated carbocycles. The smallest absolute Gasteiger partial charge is 0.334 e. The predicted molar refractivity (Wildman–Crippen MR) is 126 cm³/mol. The standard InChI is InChI=1S/C25H46O8/c1-17(21(27)29-19(3)16-25(12,13)33-31-23(7,8)9)14-20(26)28-18(2)15-24(10,11)32-30-22(4,5)6/h18-19H,1,14-16H2,2-13H3. The lowest BCUT2D eigenvalue weighted by Crippen LogP contribution is -2.35. The fourth-order valence-corrected chi connectivity index (χ4v) is 2.79. The SMILES string of the molecule is C=C(CC(=O)OC(C)CC(C)(C)OOC(C)(C)C)C(=O)OC(C)CC(C)(C)OOC(C)(C)C. The Kier molecular flexibility index (Phi) is 11.7. The molecule has 0 aliphatic carbocycles. The van der Waals surface area contributed by atoms with Crippen LogP contribution in [0.3, 0.4) is 0 Å². The molecule has 8 nitrogen and oxygen atoms in total. The summed E-state index contributed by atoms with van der Waals surface area (Å²) in [6.07, 6.45) is -0.366. The van der Waals surface area contributed by atoms with E-state index in [9.17, 15) is 9.59 Å². The average Bonchev–Trinajstić information content (AvgIpc) is 2.56. The van der Waals surface area contributed by atoms with Crippen LogP contribution >= 0.6 is 0 Å². The molecule has 0 aromatic carbocycles. The number of carbonyl (C=O) groups is 2. The number of carbonyl (C=O) groups excluding carboxylic acids is 2. The largest absolute Gasteiger partial charge is 0.462 e. The molecule has 0 N–H and O–H groups in total. The van der Waals surface area contributed by atoms with Crippen LogP contribution in [0, 0.1) is 0 Å². The van der Waals surface area contributed by atoms with Gasteiger partial charge in [-0.2, -0.15) is 0 Å². The van der Waals surface area contributed by atoms with Crippen molar-refractivity contribution < 1.29 is 38.6 Å². The third-order valence-electron chi connectivity index (χ3n) is 3.88. The van der Waals surface area contributed by atoms with E-state index in [1.807, 2.05) is 69.2 Å². The maximum absolute atomic E-state index is 12.3. The number of esters is 2. The molecule has 0 saturated heterocycles. The minimum atomic E-state index is -0.672. The molecular weight excluding hydrogens is 428 g/mol. The fourth-order valence-electron chi connectivity index (χ4n) is 2.79. The topological polar surface area (TPSA) is 89.5 Å². The Morgan fingerprint density at radius 3 is 1.39 bits per heavy atom. The fraction of sp³-hybridized carbons (Fsp3) is 0.840. The van der Waals surface area contributed by atoms with Crippen molar-refractivity contribution in [2.24, 2.45) is 0 Å². The Morgan fingerprint density at radius 1 is 0.667 bits per heavy atom. The van der Waals surface area contributed by atoms with Crippen LogP contribution in [-0.4, -0.2) is 46.6 Å². The van der Waals surface area contributed by atoms with Gasteiger partial charge in [0.05, 0.1) is 17.6 Å². The first-order chi connectivity index (χ1) is 14.6. The van der Waals surface area contributed by atoms with E-state index in [0.717, 1.165) is 0 Å². The van der Waals surface area contributed by atoms with Gasteiger partial charge >= 0.3 is 11.9 Å². The van der Waals surface area contributed by atoms with Gasteiger partial charge in [0.15, 0.2) is 0 Å². The van der Waals surface area contributed by atoms with E-state index in [1.54, 1.807) is 13.8 Å². The molecule has 0 radical (unpaired) electrons. The van der Waals surface area contributed by atoms with Crippen LogP contribution in [0.4, 0.5) is 0 Å². The van der Waals surface area contributed by atoms with Gasteiger partial charge in [0.2, 0.25) is 0 Å². The normalized spacial score (nSPS) is 15.0. The summed E-state index contributed by atoms with van der Waals surface area (Å²) in [5.74, 6) is -1.21. The summed E-state index contributed by atoms with van der Waals surface area (Å²) in [4.78, 5) is 46.3. The zero-order valence-corrected chi connectivity index (χ0v) is 22.7. The Morgan fingerprint density at radius 2 is 1.03 bits per heavy atom. The molecule has 0 bridgehead atoms. The van der Waals surface area contributed by atoms with Crippen LogP contribution in [-0.2, 0) is 38.6 Å². The lowest BCUT2D eigenvalue weighted by molar-refractivity contribution is -0.399. The van der Waals surface area contributed by atoms with E-state index in [4.69, 9.17) is 29.0 Å². The van der Waals surface area contributed by atoms with E-state index >= 15 is 0 Å². The first-order valence-corrected chi connectivity index (χ1v) is 11.4. The molecule has 2 unspecified atom stereocenters. The Balaban J connectivity index is 4.54. The van der Waals surface area contributed by atoms with Gasteiger partial charge in [0, 0.05) is 18.4 Å². The molecular formula is C25H46O8. The molecule has 0 aliphatic heterocycles. The van der Waals surface area contributed by atoms with Gasteiger partial charge in [0.25, 0.3) is 0 Å². The van der Waals surface area contributed by atoms with Crippen molar-refractivity contribution in [3.05, 3.63) is 12.2 Å². The zero-order valence-electron chi connectivity index (χ0n) is 22.7. The summed E-state index contributed by atoms with van der Waals surface area (Å²) in [5.41, 5.74) is -2.22. The number of hydrogen-bond acceptors (Lipinski definition) is 8. The highest BCUT2D eigenvalue weighted by molar-refractivity contribution is 5.93. The second-order valence-electron chi connectivity index (χ2n) is 11.8. The molecule has 194 valence electrons. The lowest BCUT2D eigenvalue weighted by Gasteiger charge is -2.30. The monoisotopic (exact) mass is 474 g/mol. The maximum Gasteiger partial charge on any atom is 0.334 e. The van der Waals surface area contributed by atoms with Crippen molar-refractivity contribution in [3.8, 4) is 0 Å². The van der Waals surface area contributed by atoms with E-state index in [2.05, 4.69) is 6.58 Å². The molecule has 0 amide bonds. The van der Waals surface area contributed by atoms with Crippen molar-refractivity contribution in [2.75, 3.05) is 0 Å². The van der Waals surface area contributed by atoms with Crippen molar-refractivity contribution in [1.29, 1.82) is 0 Å². The van der Waals surface area contributed by atoms with Crippen molar-refractivity contribution >= 4 is 11.9 Å². The highest BCUT2D eigenvalue weighted by atomic mass is 17.2. The lowest BCUT2D eigenvalue weighted by atomic mass is 10.0. The number of rotatable bonds is 13. The molecule has 0 aromatic heterocycles. The third-order valence-corrected chi connectivity index (χ3v) is 3.88. The highest BCUT2D eigenvalue weighted by Crippen LogP contribution is 2.24. The maximum atomic E-state index is 12.3. The van der Waals surface area contributed by atoms with Crippen LogP contribution in [0.1, 0.15) is 102 Å². The van der Waals surface area contributed by atoms with E-state index < -0.39 is 46.6 Å². The molecule has 33 heavy (non-hydrogen) atoms. The molecule has 2 atom stereocenters. The molecule has 0 heterocycles. The first-order valence-electron chi connectivity index (χ1n) is 11.4. The van der Waals surface area contributed by atoms with E-state index in [1.165, 1.54) is 0 Å². The number of ether oxygens (including phenoxy) is 2. The molecule has 0 aromatic rings. The van der Waals surface area contributed by atoms with Crippen LogP contribution in [0.5, 0.6) is 0 Å². The van der Waals surface area contributed by atoms with Crippen molar-refractivity contribution in [3.63, 3.8) is 0 Å². The minimum absolute atomic E-state index is 0.0234. The quantitative estimate of drug-likeness (QED) is 0.147. The van der Waals surface area contributed by atoms with Gasteiger partial charge in [0.1, 0.15) is 23.4 Å². The second kappa shape index (κ2) is 12.3. The van der Waals surface area contributed by atoms with Gasteiger partial charge < -0.3 is 9.47 Å². The summed E-state index contributed by atoms with van der Waals surface area (Å²) >= 11 is 0. The molecule has 0 spiro atoms. The van der Waals surface area contributed by atoms with Crippen LogP contribution in [0.15, 0.2) is 12.2 Å². The second-order valence-corrected chi connectivity index (χ2v) is 11.8. The molecule has 0 aliphatic rings. The first kappa shape index (κ1) is 31.5. The third kappa shape index (κ3) is 16.7. The van der Waals surface area contributed by atoms with Gasteiger partial charge in [-0.05, 0) is 83.1 Å². The van der Waals surface area contributed by atoms with E-state index in [0.29, 0.717) is 12.8 Å². The Bertz CT molecular complexity index is 652. The van der Waals surface area contributed by atoms with Crippen LogP contribution < -0.4 is 0 Å².